The first kappa shape index (κ1) is 25.9. The van der Waals surface area contributed by atoms with Crippen LogP contribution in [0.25, 0.3) is 21.9 Å². The first-order valence-corrected chi connectivity index (χ1v) is 11.7. The third-order valence-corrected chi connectivity index (χ3v) is 5.99. The number of rotatable bonds is 8. The Morgan fingerprint density at radius 1 is 0.857 bits per heavy atom. The number of phenolic OH excluding ortho intramolecular Hbond substituents is 3. The Morgan fingerprint density at radius 2 is 1.51 bits per heavy atom. The summed E-state index contributed by atoms with van der Waals surface area (Å²) in [6.07, 6.45) is 8.53. The van der Waals surface area contributed by atoms with E-state index in [0.29, 0.717) is 24.0 Å². The summed E-state index contributed by atoms with van der Waals surface area (Å²) in [7, 11) is 1.43. The van der Waals surface area contributed by atoms with Crippen LogP contribution in [0.4, 0.5) is 0 Å². The maximum absolute atomic E-state index is 13.7. The maximum Gasteiger partial charge on any atom is 0.204 e. The van der Waals surface area contributed by atoms with Gasteiger partial charge in [0.25, 0.3) is 0 Å². The predicted octanol–water partition coefficient (Wildman–Crippen LogP) is 6.82. The van der Waals surface area contributed by atoms with Gasteiger partial charge in [0.1, 0.15) is 28.1 Å². The molecule has 6 nitrogen and oxygen atoms in total. The summed E-state index contributed by atoms with van der Waals surface area (Å²) in [6, 6.07) is 2.52. The van der Waals surface area contributed by atoms with Crippen LogP contribution in [0, 0.1) is 0 Å². The molecule has 0 aliphatic rings. The van der Waals surface area contributed by atoms with E-state index < -0.39 is 5.43 Å². The zero-order valence-corrected chi connectivity index (χ0v) is 21.3. The van der Waals surface area contributed by atoms with E-state index in [0.717, 1.165) is 24.0 Å². The van der Waals surface area contributed by atoms with Crippen molar-refractivity contribution < 1.29 is 24.5 Å². The molecule has 0 atom stereocenters. The first-order valence-electron chi connectivity index (χ1n) is 11.7. The van der Waals surface area contributed by atoms with Crippen LogP contribution in [0.1, 0.15) is 58.6 Å². The van der Waals surface area contributed by atoms with E-state index in [-0.39, 0.29) is 44.9 Å². The van der Waals surface area contributed by atoms with Crippen molar-refractivity contribution in [2.24, 2.45) is 0 Å². The molecule has 0 saturated carbocycles. The molecule has 1 heterocycles. The molecule has 0 aliphatic heterocycles. The summed E-state index contributed by atoms with van der Waals surface area (Å²) < 4.78 is 11.5. The van der Waals surface area contributed by atoms with Gasteiger partial charge in [0.15, 0.2) is 11.5 Å². The molecule has 0 radical (unpaired) electrons. The average Bonchev–Trinajstić information content (AvgIpc) is 2.76. The van der Waals surface area contributed by atoms with E-state index in [4.69, 9.17) is 9.15 Å². The van der Waals surface area contributed by atoms with Crippen LogP contribution < -0.4 is 10.2 Å². The molecule has 3 N–H and O–H groups in total. The number of benzene rings is 2. The summed E-state index contributed by atoms with van der Waals surface area (Å²) >= 11 is 0. The van der Waals surface area contributed by atoms with E-state index >= 15 is 0 Å². The number of ether oxygens (including phenoxy) is 1. The Balaban J connectivity index is 2.25. The summed E-state index contributed by atoms with van der Waals surface area (Å²) in [4.78, 5) is 13.7. The van der Waals surface area contributed by atoms with Crippen LogP contribution in [0.5, 0.6) is 23.0 Å². The van der Waals surface area contributed by atoms with E-state index in [1.807, 2.05) is 32.9 Å². The lowest BCUT2D eigenvalue weighted by molar-refractivity contribution is 0.370. The predicted molar refractivity (Wildman–Crippen MR) is 141 cm³/mol. The monoisotopic (exact) mass is 478 g/mol. The van der Waals surface area contributed by atoms with Gasteiger partial charge in [0.2, 0.25) is 5.43 Å². The summed E-state index contributed by atoms with van der Waals surface area (Å²) in [5.41, 5.74) is 4.13. The van der Waals surface area contributed by atoms with Gasteiger partial charge in [-0.1, -0.05) is 34.9 Å². The second kappa shape index (κ2) is 10.7. The van der Waals surface area contributed by atoms with Crippen molar-refractivity contribution in [2.45, 2.75) is 60.3 Å². The molecule has 0 saturated heterocycles. The van der Waals surface area contributed by atoms with Crippen molar-refractivity contribution in [1.82, 2.24) is 0 Å². The molecule has 3 aromatic rings. The minimum absolute atomic E-state index is 0.00733. The molecule has 0 amide bonds. The van der Waals surface area contributed by atoms with Gasteiger partial charge in [-0.2, -0.15) is 0 Å². The Morgan fingerprint density at radius 3 is 2.14 bits per heavy atom. The number of allylic oxidation sites excluding steroid dienone is 6. The van der Waals surface area contributed by atoms with Crippen molar-refractivity contribution in [3.8, 4) is 23.0 Å². The molecule has 186 valence electrons. The molecular weight excluding hydrogens is 444 g/mol. The highest BCUT2D eigenvalue weighted by Gasteiger charge is 2.23. The highest BCUT2D eigenvalue weighted by molar-refractivity contribution is 5.98. The smallest absolute Gasteiger partial charge is 0.204 e. The number of fused-ring (bicyclic) bond motifs is 2. The van der Waals surface area contributed by atoms with Gasteiger partial charge in [-0.15, -0.1) is 0 Å². The third kappa shape index (κ3) is 5.53. The molecule has 0 fully saturated rings. The van der Waals surface area contributed by atoms with Gasteiger partial charge in [0.05, 0.1) is 12.5 Å². The number of methoxy groups -OCH3 is 1. The lowest BCUT2D eigenvalue weighted by atomic mass is 9.98. The molecular formula is C29H34O6. The van der Waals surface area contributed by atoms with E-state index in [1.165, 1.54) is 24.8 Å². The van der Waals surface area contributed by atoms with Crippen molar-refractivity contribution in [1.29, 1.82) is 0 Å². The van der Waals surface area contributed by atoms with Crippen LogP contribution >= 0.6 is 0 Å². The van der Waals surface area contributed by atoms with Gasteiger partial charge in [-0.05, 0) is 60.3 Å². The molecule has 2 aromatic carbocycles. The first-order chi connectivity index (χ1) is 16.5. The average molecular weight is 479 g/mol. The molecule has 0 spiro atoms. The van der Waals surface area contributed by atoms with Crippen LogP contribution in [0.2, 0.25) is 0 Å². The second-order valence-electron chi connectivity index (χ2n) is 9.37. The Labute approximate surface area is 205 Å². The molecule has 1 aromatic heterocycles. The molecule has 35 heavy (non-hydrogen) atoms. The summed E-state index contributed by atoms with van der Waals surface area (Å²) in [6.45, 7) is 10.0. The topological polar surface area (TPSA) is 100 Å². The van der Waals surface area contributed by atoms with Crippen molar-refractivity contribution in [3.05, 3.63) is 68.4 Å². The van der Waals surface area contributed by atoms with Crippen molar-refractivity contribution in [3.63, 3.8) is 0 Å². The van der Waals surface area contributed by atoms with E-state index in [1.54, 1.807) is 0 Å². The molecule has 6 heteroatoms. The van der Waals surface area contributed by atoms with Crippen LogP contribution in [0.15, 0.2) is 56.3 Å². The molecule has 0 aliphatic carbocycles. The van der Waals surface area contributed by atoms with Crippen molar-refractivity contribution in [2.75, 3.05) is 7.11 Å². The zero-order chi connectivity index (χ0) is 25.9. The zero-order valence-electron chi connectivity index (χ0n) is 21.3. The van der Waals surface area contributed by atoms with E-state index in [9.17, 15) is 20.1 Å². The lowest BCUT2D eigenvalue weighted by Gasteiger charge is -2.15. The summed E-state index contributed by atoms with van der Waals surface area (Å²) in [5, 5.41) is 32.0. The molecule has 0 bridgehead atoms. The quantitative estimate of drug-likeness (QED) is 0.243. The van der Waals surface area contributed by atoms with Crippen LogP contribution in [-0.4, -0.2) is 22.4 Å². The fraction of sp³-hybridized carbons (Fsp3) is 0.345. The highest BCUT2D eigenvalue weighted by atomic mass is 16.5. The van der Waals surface area contributed by atoms with Gasteiger partial charge >= 0.3 is 0 Å². The maximum atomic E-state index is 13.7. The SMILES string of the molecule is COc1c(O)cc2oc3c(CC=C(C)CCC=C(C)C)c(O)cc(O)c3c(=O)c2c1CC=C(C)C. The van der Waals surface area contributed by atoms with E-state index in [2.05, 4.69) is 19.9 Å². The van der Waals surface area contributed by atoms with Gasteiger partial charge < -0.3 is 24.5 Å². The lowest BCUT2D eigenvalue weighted by Crippen LogP contribution is -2.08. The number of hydrogen-bond donors (Lipinski definition) is 3. The van der Waals surface area contributed by atoms with Crippen molar-refractivity contribution >= 4 is 21.9 Å². The number of hydrogen-bond acceptors (Lipinski definition) is 6. The normalized spacial score (nSPS) is 11.7. The highest BCUT2D eigenvalue weighted by Crippen LogP contribution is 2.40. The van der Waals surface area contributed by atoms with Gasteiger partial charge in [-0.3, -0.25) is 4.79 Å². The third-order valence-electron chi connectivity index (χ3n) is 5.99. The van der Waals surface area contributed by atoms with Gasteiger partial charge in [-0.25, -0.2) is 0 Å². The minimum atomic E-state index is -0.445. The summed E-state index contributed by atoms with van der Waals surface area (Å²) in [5.74, 6) is -0.481. The Hall–Kier alpha value is -3.67. The van der Waals surface area contributed by atoms with Crippen LogP contribution in [-0.2, 0) is 12.8 Å². The minimum Gasteiger partial charge on any atom is -0.507 e. The molecule has 3 rings (SSSR count). The number of phenols is 3. The largest absolute Gasteiger partial charge is 0.507 e. The second-order valence-corrected chi connectivity index (χ2v) is 9.37. The van der Waals surface area contributed by atoms with Crippen LogP contribution in [0.3, 0.4) is 0 Å². The fourth-order valence-electron chi connectivity index (χ4n) is 4.14. The Kier molecular flexibility index (Phi) is 7.95. The number of aromatic hydroxyl groups is 3. The molecule has 0 unspecified atom stereocenters. The Bertz CT molecular complexity index is 1410. The fourth-order valence-corrected chi connectivity index (χ4v) is 4.14. The standard InChI is InChI=1S/C29H34O6/c1-16(2)8-7-9-18(5)11-13-19-21(30)14-22(31)26-27(33)25-20(12-10-17(3)4)28(34-6)23(32)15-24(25)35-29(19)26/h8,10-11,14-15,30-32H,7,9,12-13H2,1-6H3. The van der Waals surface area contributed by atoms with Gasteiger partial charge in [0, 0.05) is 23.3 Å².